The summed E-state index contributed by atoms with van der Waals surface area (Å²) in [7, 11) is 0. The average Bonchev–Trinajstić information content (AvgIpc) is 2.53. The number of H-pyrrole nitrogens is 1. The number of rotatable bonds is 4. The first-order chi connectivity index (χ1) is 10.6. The molecule has 0 spiro atoms. The molecular weight excluding hydrogens is 278 g/mol. The van der Waals surface area contributed by atoms with Crippen molar-refractivity contribution in [3.63, 3.8) is 0 Å². The number of piperidine rings is 1. The van der Waals surface area contributed by atoms with Gasteiger partial charge in [0.05, 0.1) is 17.0 Å². The van der Waals surface area contributed by atoms with Gasteiger partial charge in [0.15, 0.2) is 0 Å². The molecule has 2 heterocycles. The van der Waals surface area contributed by atoms with Crippen LogP contribution in [-0.2, 0) is 4.74 Å². The number of aromatic amines is 1. The Balaban J connectivity index is 1.70. The van der Waals surface area contributed by atoms with E-state index in [0.717, 1.165) is 38.1 Å². The molecular formula is C17H23N3O2. The van der Waals surface area contributed by atoms with Crippen LogP contribution in [0.25, 0.3) is 10.9 Å². The molecule has 2 aromatic rings. The second-order valence-corrected chi connectivity index (χ2v) is 6.32. The van der Waals surface area contributed by atoms with Gasteiger partial charge in [0.1, 0.15) is 0 Å². The van der Waals surface area contributed by atoms with E-state index in [-0.39, 0.29) is 5.56 Å². The molecule has 0 bridgehead atoms. The quantitative estimate of drug-likeness (QED) is 0.943. The third kappa shape index (κ3) is 3.30. The smallest absolute Gasteiger partial charge is 0.260 e. The number of benzene rings is 1. The summed E-state index contributed by atoms with van der Waals surface area (Å²) in [6, 6.07) is 7.45. The molecule has 0 amide bonds. The minimum Gasteiger partial charge on any atom is -0.378 e. The van der Waals surface area contributed by atoms with Gasteiger partial charge in [0, 0.05) is 19.7 Å². The first-order valence-corrected chi connectivity index (χ1v) is 7.99. The molecule has 1 aromatic carbocycles. The molecule has 3 rings (SSSR count). The van der Waals surface area contributed by atoms with Gasteiger partial charge in [-0.1, -0.05) is 26.0 Å². The van der Waals surface area contributed by atoms with Crippen molar-refractivity contribution in [1.82, 2.24) is 9.97 Å². The zero-order valence-electron chi connectivity index (χ0n) is 13.2. The first-order valence-electron chi connectivity index (χ1n) is 7.99. The largest absolute Gasteiger partial charge is 0.378 e. The SMILES string of the molecule is CC(C)COC1CCN(c2nc3ccccc3c(=O)[nH]2)CC1. The molecule has 1 N–H and O–H groups in total. The Hall–Kier alpha value is -1.88. The third-order valence-electron chi connectivity index (χ3n) is 4.01. The molecule has 0 radical (unpaired) electrons. The Morgan fingerprint density at radius 3 is 2.77 bits per heavy atom. The van der Waals surface area contributed by atoms with Crippen LogP contribution >= 0.6 is 0 Å². The molecule has 5 nitrogen and oxygen atoms in total. The highest BCUT2D eigenvalue weighted by Crippen LogP contribution is 2.19. The summed E-state index contributed by atoms with van der Waals surface area (Å²) < 4.78 is 5.90. The van der Waals surface area contributed by atoms with Crippen LogP contribution < -0.4 is 10.5 Å². The van der Waals surface area contributed by atoms with Gasteiger partial charge in [-0.25, -0.2) is 4.98 Å². The van der Waals surface area contributed by atoms with E-state index in [4.69, 9.17) is 4.74 Å². The zero-order chi connectivity index (χ0) is 15.5. The fourth-order valence-electron chi connectivity index (χ4n) is 2.79. The van der Waals surface area contributed by atoms with Crippen molar-refractivity contribution >= 4 is 16.9 Å². The predicted molar refractivity (Wildman–Crippen MR) is 88.4 cm³/mol. The molecule has 1 aromatic heterocycles. The number of anilines is 1. The highest BCUT2D eigenvalue weighted by atomic mass is 16.5. The molecule has 1 fully saturated rings. The maximum absolute atomic E-state index is 12.1. The van der Waals surface area contributed by atoms with E-state index in [2.05, 4.69) is 28.7 Å². The van der Waals surface area contributed by atoms with Gasteiger partial charge >= 0.3 is 0 Å². The van der Waals surface area contributed by atoms with Crippen molar-refractivity contribution in [2.24, 2.45) is 5.92 Å². The van der Waals surface area contributed by atoms with Crippen molar-refractivity contribution < 1.29 is 4.74 Å². The molecule has 0 atom stereocenters. The van der Waals surface area contributed by atoms with Gasteiger partial charge in [-0.05, 0) is 30.9 Å². The Morgan fingerprint density at radius 2 is 2.05 bits per heavy atom. The average molecular weight is 301 g/mol. The van der Waals surface area contributed by atoms with E-state index >= 15 is 0 Å². The van der Waals surface area contributed by atoms with Gasteiger partial charge in [0.25, 0.3) is 5.56 Å². The third-order valence-corrected chi connectivity index (χ3v) is 4.01. The number of hydrogen-bond acceptors (Lipinski definition) is 4. The minimum atomic E-state index is -0.0706. The van der Waals surface area contributed by atoms with Crippen molar-refractivity contribution in [2.75, 3.05) is 24.6 Å². The van der Waals surface area contributed by atoms with Crippen LogP contribution in [-0.4, -0.2) is 35.8 Å². The van der Waals surface area contributed by atoms with E-state index < -0.39 is 0 Å². The summed E-state index contributed by atoms with van der Waals surface area (Å²) in [5.41, 5.74) is 0.679. The molecule has 1 saturated heterocycles. The molecule has 5 heteroatoms. The van der Waals surface area contributed by atoms with Crippen LogP contribution in [0, 0.1) is 5.92 Å². The summed E-state index contributed by atoms with van der Waals surface area (Å²) in [6.45, 7) is 6.88. The Morgan fingerprint density at radius 1 is 1.32 bits per heavy atom. The van der Waals surface area contributed by atoms with Crippen LogP contribution in [0.4, 0.5) is 5.95 Å². The number of aromatic nitrogens is 2. The summed E-state index contributed by atoms with van der Waals surface area (Å²) in [4.78, 5) is 21.8. The lowest BCUT2D eigenvalue weighted by Crippen LogP contribution is -2.39. The normalized spacial score (nSPS) is 16.6. The molecule has 0 aliphatic carbocycles. The second-order valence-electron chi connectivity index (χ2n) is 6.32. The van der Waals surface area contributed by atoms with Crippen LogP contribution in [0.1, 0.15) is 26.7 Å². The van der Waals surface area contributed by atoms with E-state index in [9.17, 15) is 4.79 Å². The monoisotopic (exact) mass is 301 g/mol. The van der Waals surface area contributed by atoms with Gasteiger partial charge in [-0.2, -0.15) is 0 Å². The van der Waals surface area contributed by atoms with E-state index in [1.807, 2.05) is 18.2 Å². The van der Waals surface area contributed by atoms with Gasteiger partial charge < -0.3 is 9.64 Å². The number of fused-ring (bicyclic) bond motifs is 1. The summed E-state index contributed by atoms with van der Waals surface area (Å²) in [5.74, 6) is 1.24. The Kier molecular flexibility index (Phi) is 4.43. The van der Waals surface area contributed by atoms with Gasteiger partial charge in [0.2, 0.25) is 5.95 Å². The number of hydrogen-bond donors (Lipinski definition) is 1. The van der Waals surface area contributed by atoms with Gasteiger partial charge in [-0.3, -0.25) is 9.78 Å². The Labute approximate surface area is 130 Å². The van der Waals surface area contributed by atoms with Crippen molar-refractivity contribution in [3.8, 4) is 0 Å². The molecule has 0 unspecified atom stereocenters. The first kappa shape index (κ1) is 15.0. The fourth-order valence-corrected chi connectivity index (χ4v) is 2.79. The zero-order valence-corrected chi connectivity index (χ0v) is 13.2. The van der Waals surface area contributed by atoms with E-state index in [0.29, 0.717) is 23.4 Å². The summed E-state index contributed by atoms with van der Waals surface area (Å²) in [6.07, 6.45) is 2.28. The van der Waals surface area contributed by atoms with Crippen LogP contribution in [0.2, 0.25) is 0 Å². The maximum Gasteiger partial charge on any atom is 0.260 e. The lowest BCUT2D eigenvalue weighted by molar-refractivity contribution is 0.0213. The highest BCUT2D eigenvalue weighted by molar-refractivity contribution is 5.78. The molecule has 22 heavy (non-hydrogen) atoms. The Bertz CT molecular complexity index is 688. The lowest BCUT2D eigenvalue weighted by atomic mass is 10.1. The topological polar surface area (TPSA) is 58.2 Å². The standard InChI is InChI=1S/C17H23N3O2/c1-12(2)11-22-13-7-9-20(10-8-13)17-18-15-6-4-3-5-14(15)16(21)19-17/h3-6,12-13H,7-11H2,1-2H3,(H,18,19,21). The van der Waals surface area contributed by atoms with Crippen LogP contribution in [0.3, 0.4) is 0 Å². The van der Waals surface area contributed by atoms with Crippen LogP contribution in [0.5, 0.6) is 0 Å². The number of para-hydroxylation sites is 1. The summed E-state index contributed by atoms with van der Waals surface area (Å²) in [5, 5.41) is 0.640. The lowest BCUT2D eigenvalue weighted by Gasteiger charge is -2.32. The minimum absolute atomic E-state index is 0.0706. The van der Waals surface area contributed by atoms with Crippen LogP contribution in [0.15, 0.2) is 29.1 Å². The number of nitrogens with zero attached hydrogens (tertiary/aromatic N) is 2. The van der Waals surface area contributed by atoms with E-state index in [1.165, 1.54) is 0 Å². The van der Waals surface area contributed by atoms with Crippen molar-refractivity contribution in [3.05, 3.63) is 34.6 Å². The molecule has 1 aliphatic heterocycles. The number of ether oxygens (including phenoxy) is 1. The molecule has 0 saturated carbocycles. The fraction of sp³-hybridized carbons (Fsp3) is 0.529. The number of nitrogens with one attached hydrogen (secondary N) is 1. The van der Waals surface area contributed by atoms with Gasteiger partial charge in [-0.15, -0.1) is 0 Å². The van der Waals surface area contributed by atoms with E-state index in [1.54, 1.807) is 6.07 Å². The molecule has 118 valence electrons. The predicted octanol–water partition coefficient (Wildman–Crippen LogP) is 2.56. The summed E-state index contributed by atoms with van der Waals surface area (Å²) >= 11 is 0. The van der Waals surface area contributed by atoms with Crippen molar-refractivity contribution in [1.29, 1.82) is 0 Å². The highest BCUT2D eigenvalue weighted by Gasteiger charge is 2.21. The second kappa shape index (κ2) is 6.48. The van der Waals surface area contributed by atoms with Crippen molar-refractivity contribution in [2.45, 2.75) is 32.8 Å². The maximum atomic E-state index is 12.1. The molecule has 1 aliphatic rings.